The van der Waals surface area contributed by atoms with Gasteiger partial charge in [0, 0.05) is 54.4 Å². The van der Waals surface area contributed by atoms with Gasteiger partial charge in [0.05, 0.1) is 6.10 Å². The number of piperazine rings is 1. The number of rotatable bonds is 3. The van der Waals surface area contributed by atoms with Crippen LogP contribution in [-0.2, 0) is 19.4 Å². The maximum Gasteiger partial charge on any atom is 0.0739 e. The van der Waals surface area contributed by atoms with Crippen LogP contribution in [0.2, 0.25) is 0 Å². The molecule has 4 nitrogen and oxygen atoms in total. The van der Waals surface area contributed by atoms with Crippen LogP contribution >= 0.6 is 22.6 Å². The lowest BCUT2D eigenvalue weighted by Crippen LogP contribution is -2.56. The Hall–Kier alpha value is -1.15. The van der Waals surface area contributed by atoms with Gasteiger partial charge in [-0.05, 0) is 57.8 Å². The molecule has 0 spiro atoms. The summed E-state index contributed by atoms with van der Waals surface area (Å²) in [6.07, 6.45) is 1.45. The van der Waals surface area contributed by atoms with Crippen LogP contribution in [0, 0.1) is 3.57 Å². The van der Waals surface area contributed by atoms with Gasteiger partial charge in [0.25, 0.3) is 0 Å². The highest BCUT2D eigenvalue weighted by Gasteiger charge is 2.34. The van der Waals surface area contributed by atoms with Crippen molar-refractivity contribution in [1.29, 1.82) is 0 Å². The van der Waals surface area contributed by atoms with Crippen LogP contribution < -0.4 is 10.6 Å². The van der Waals surface area contributed by atoms with Crippen molar-refractivity contribution in [2.45, 2.75) is 31.5 Å². The molecule has 3 N–H and O–H groups in total. The summed E-state index contributed by atoms with van der Waals surface area (Å²) < 4.78 is 1.33. The van der Waals surface area contributed by atoms with Crippen LogP contribution in [0.25, 0.3) is 0 Å². The number of nitrogens with zero attached hydrogens (tertiary/aromatic N) is 2. The molecule has 0 bridgehead atoms. The monoisotopic (exact) mass is 463 g/mol. The molecule has 0 amide bonds. The third-order valence-electron chi connectivity index (χ3n) is 5.84. The summed E-state index contributed by atoms with van der Waals surface area (Å²) in [5.41, 5.74) is 11.1. The van der Waals surface area contributed by atoms with E-state index in [1.165, 1.54) is 25.9 Å². The molecule has 2 aromatic carbocycles. The average Bonchev–Trinajstić information content (AvgIpc) is 2.68. The minimum atomic E-state index is -0.274. The number of fused-ring (bicyclic) bond motifs is 1. The van der Waals surface area contributed by atoms with E-state index in [1.54, 1.807) is 0 Å². The lowest BCUT2D eigenvalue weighted by atomic mass is 9.85. The highest BCUT2D eigenvalue weighted by atomic mass is 127. The first-order chi connectivity index (χ1) is 12.7. The third-order valence-corrected chi connectivity index (χ3v) is 6.85. The molecule has 1 heterocycles. The second kappa shape index (κ2) is 7.84. The largest absolute Gasteiger partial charge is 0.391 e. The van der Waals surface area contributed by atoms with E-state index in [1.807, 2.05) is 0 Å². The number of halogens is 1. The Kier molecular flexibility index (Phi) is 5.50. The van der Waals surface area contributed by atoms with Gasteiger partial charge in [-0.3, -0.25) is 4.90 Å². The minimum absolute atomic E-state index is 0.227. The molecule has 0 unspecified atom stereocenters. The van der Waals surface area contributed by atoms with Gasteiger partial charge < -0.3 is 15.7 Å². The zero-order chi connectivity index (χ0) is 18.1. The van der Waals surface area contributed by atoms with Crippen molar-refractivity contribution in [3.8, 4) is 0 Å². The molecule has 2 aromatic rings. The molecule has 2 atom stereocenters. The molecule has 0 saturated carbocycles. The van der Waals surface area contributed by atoms with E-state index < -0.39 is 0 Å². The maximum atomic E-state index is 10.7. The molecule has 1 aliphatic heterocycles. The van der Waals surface area contributed by atoms with Crippen LogP contribution in [0.4, 0.5) is 5.69 Å². The van der Waals surface area contributed by atoms with Gasteiger partial charge in [-0.25, -0.2) is 0 Å². The van der Waals surface area contributed by atoms with Gasteiger partial charge in [0.15, 0.2) is 0 Å². The van der Waals surface area contributed by atoms with E-state index in [2.05, 4.69) is 74.9 Å². The van der Waals surface area contributed by atoms with Crippen LogP contribution in [0.5, 0.6) is 0 Å². The number of hydrogen-bond acceptors (Lipinski definition) is 4. The zero-order valence-electron chi connectivity index (χ0n) is 14.9. The van der Waals surface area contributed by atoms with Crippen molar-refractivity contribution >= 4 is 28.3 Å². The van der Waals surface area contributed by atoms with Crippen LogP contribution in [0.3, 0.4) is 0 Å². The first-order valence-corrected chi connectivity index (χ1v) is 10.5. The van der Waals surface area contributed by atoms with Crippen molar-refractivity contribution in [3.05, 3.63) is 62.7 Å². The molecule has 0 aromatic heterocycles. The van der Waals surface area contributed by atoms with E-state index >= 15 is 0 Å². The Morgan fingerprint density at radius 3 is 2.54 bits per heavy atom. The normalized spacial score (nSPS) is 23.7. The van der Waals surface area contributed by atoms with Crippen LogP contribution in [0.15, 0.2) is 42.5 Å². The van der Waals surface area contributed by atoms with Crippen LogP contribution in [0.1, 0.15) is 16.7 Å². The molecule has 1 fully saturated rings. The van der Waals surface area contributed by atoms with E-state index in [0.717, 1.165) is 39.0 Å². The molecule has 2 aliphatic rings. The molecule has 5 heteroatoms. The number of aliphatic hydroxyl groups excluding tert-OH is 1. The van der Waals surface area contributed by atoms with E-state index in [4.69, 9.17) is 5.73 Å². The van der Waals surface area contributed by atoms with Crippen molar-refractivity contribution in [1.82, 2.24) is 4.90 Å². The van der Waals surface area contributed by atoms with E-state index in [9.17, 15) is 5.11 Å². The second-order valence-electron chi connectivity index (χ2n) is 7.28. The first kappa shape index (κ1) is 18.2. The number of aliphatic hydroxyl groups is 1. The molecule has 138 valence electrons. The van der Waals surface area contributed by atoms with Crippen LogP contribution in [-0.4, -0.2) is 48.3 Å². The van der Waals surface area contributed by atoms with E-state index in [0.29, 0.717) is 6.54 Å². The predicted molar refractivity (Wildman–Crippen MR) is 114 cm³/mol. The fourth-order valence-corrected chi connectivity index (χ4v) is 5.16. The second-order valence-corrected chi connectivity index (χ2v) is 8.44. The highest BCUT2D eigenvalue weighted by Crippen LogP contribution is 2.30. The Balaban J connectivity index is 1.46. The summed E-state index contributed by atoms with van der Waals surface area (Å²) in [6.45, 7) is 4.52. The summed E-state index contributed by atoms with van der Waals surface area (Å²) in [4.78, 5) is 4.92. The van der Waals surface area contributed by atoms with Crippen molar-refractivity contribution in [3.63, 3.8) is 0 Å². The third kappa shape index (κ3) is 3.50. The summed E-state index contributed by atoms with van der Waals surface area (Å²) in [5.74, 6) is 0. The van der Waals surface area contributed by atoms with Crippen molar-refractivity contribution in [2.24, 2.45) is 5.73 Å². The van der Waals surface area contributed by atoms with Gasteiger partial charge in [-0.15, -0.1) is 0 Å². The Morgan fingerprint density at radius 1 is 1.00 bits per heavy atom. The Labute approximate surface area is 169 Å². The number of benzene rings is 2. The summed E-state index contributed by atoms with van der Waals surface area (Å²) >= 11 is 2.43. The smallest absolute Gasteiger partial charge is 0.0739 e. The zero-order valence-corrected chi connectivity index (χ0v) is 17.1. The number of hydrogen-bond donors (Lipinski definition) is 2. The lowest BCUT2D eigenvalue weighted by molar-refractivity contribution is 0.0393. The molecule has 4 rings (SSSR count). The van der Waals surface area contributed by atoms with Gasteiger partial charge >= 0.3 is 0 Å². The Morgan fingerprint density at radius 2 is 1.77 bits per heavy atom. The molecule has 1 aliphatic carbocycles. The van der Waals surface area contributed by atoms with Gasteiger partial charge in [0.1, 0.15) is 0 Å². The molecular weight excluding hydrogens is 437 g/mol. The van der Waals surface area contributed by atoms with Crippen molar-refractivity contribution < 1.29 is 5.11 Å². The predicted octanol–water partition coefficient (Wildman–Crippen LogP) is 2.40. The maximum absolute atomic E-state index is 10.7. The molecule has 26 heavy (non-hydrogen) atoms. The molecule has 0 radical (unpaired) electrons. The fourth-order valence-electron chi connectivity index (χ4n) is 4.39. The van der Waals surface area contributed by atoms with Gasteiger partial charge in [-0.1, -0.05) is 30.3 Å². The summed E-state index contributed by atoms with van der Waals surface area (Å²) in [5, 5.41) is 10.7. The minimum Gasteiger partial charge on any atom is -0.391 e. The molecule has 1 saturated heterocycles. The van der Waals surface area contributed by atoms with Crippen molar-refractivity contribution in [2.75, 3.05) is 31.1 Å². The Bertz CT molecular complexity index is 774. The fraction of sp³-hybridized carbons (Fsp3) is 0.429. The summed E-state index contributed by atoms with van der Waals surface area (Å²) in [7, 11) is 0. The molecular formula is C21H26IN3O. The average molecular weight is 463 g/mol. The number of para-hydroxylation sites is 1. The number of anilines is 1. The summed E-state index contributed by atoms with van der Waals surface area (Å²) in [6, 6.07) is 15.1. The standard InChI is InChI=1S/C21H26IN3O/c22-18-6-3-5-15-12-21(26)20(13-17(15)18)25-10-8-24(9-11-25)19-7-2-1-4-16(19)14-23/h1-7,20-21,26H,8-14,23H2/t20-,21-/m0/s1. The highest BCUT2D eigenvalue weighted by molar-refractivity contribution is 14.1. The SMILES string of the molecule is NCc1ccccc1N1CCN([C@H]2Cc3c(I)cccc3C[C@@H]2O)CC1. The van der Waals surface area contributed by atoms with E-state index in [-0.39, 0.29) is 12.1 Å². The first-order valence-electron chi connectivity index (χ1n) is 9.38. The van der Waals surface area contributed by atoms with Gasteiger partial charge in [-0.2, -0.15) is 0 Å². The topological polar surface area (TPSA) is 52.7 Å². The lowest BCUT2D eigenvalue weighted by Gasteiger charge is -2.44. The van der Waals surface area contributed by atoms with Gasteiger partial charge in [0.2, 0.25) is 0 Å². The number of nitrogens with two attached hydrogens (primary N) is 1. The quantitative estimate of drug-likeness (QED) is 0.687.